The molecule has 19 heavy (non-hydrogen) atoms. The molecule has 1 aliphatic heterocycles. The number of amides is 2. The second-order valence-electron chi connectivity index (χ2n) is 5.60. The maximum atomic E-state index is 11.9. The number of carbonyl (C=O) groups excluding carboxylic acids is 2. The summed E-state index contributed by atoms with van der Waals surface area (Å²) in [5, 5.41) is 0. The average molecular weight is 255 g/mol. The first-order chi connectivity index (χ1) is 9.00. The molecule has 0 aromatic heterocycles. The number of carbonyl (C=O) groups is 2. The molecule has 0 unspecified atom stereocenters. The van der Waals surface area contributed by atoms with Gasteiger partial charge in [0.2, 0.25) is 0 Å². The van der Waals surface area contributed by atoms with Crippen LogP contribution in [-0.4, -0.2) is 16.7 Å². The van der Waals surface area contributed by atoms with Gasteiger partial charge >= 0.3 is 0 Å². The summed E-state index contributed by atoms with van der Waals surface area (Å²) in [6, 6.07) is 4.09. The van der Waals surface area contributed by atoms with E-state index in [2.05, 4.69) is 32.9 Å². The van der Waals surface area contributed by atoms with Crippen molar-refractivity contribution < 1.29 is 9.59 Å². The van der Waals surface area contributed by atoms with Gasteiger partial charge in [-0.05, 0) is 48.4 Å². The molecular weight excluding hydrogens is 238 g/mol. The van der Waals surface area contributed by atoms with Crippen molar-refractivity contribution in [3.8, 4) is 0 Å². The third kappa shape index (κ3) is 1.65. The molecule has 3 rings (SSSR count). The molecule has 3 nitrogen and oxygen atoms in total. The minimum absolute atomic E-state index is 0.107. The van der Waals surface area contributed by atoms with Gasteiger partial charge in [0.1, 0.15) is 0 Å². The molecule has 1 heterocycles. The third-order valence-corrected chi connectivity index (χ3v) is 4.29. The normalized spacial score (nSPS) is 25.3. The van der Waals surface area contributed by atoms with Gasteiger partial charge in [-0.25, -0.2) is 0 Å². The number of nitrogens with zero attached hydrogens (tertiary/aromatic N) is 1. The first kappa shape index (κ1) is 12.2. The van der Waals surface area contributed by atoms with E-state index in [1.807, 2.05) is 0 Å². The largest absolute Gasteiger partial charge is 0.269 e. The Kier molecular flexibility index (Phi) is 2.59. The van der Waals surface area contributed by atoms with Crippen LogP contribution < -0.4 is 0 Å². The zero-order chi connectivity index (χ0) is 13.7. The maximum Gasteiger partial charge on any atom is 0.254 e. The highest BCUT2D eigenvalue weighted by molar-refractivity contribution is 6.13. The van der Waals surface area contributed by atoms with Gasteiger partial charge in [-0.1, -0.05) is 19.1 Å². The van der Waals surface area contributed by atoms with Crippen molar-refractivity contribution in [1.82, 2.24) is 4.90 Å². The van der Waals surface area contributed by atoms with E-state index in [-0.39, 0.29) is 23.8 Å². The molecule has 0 radical (unpaired) electrons. The molecule has 0 spiro atoms. The van der Waals surface area contributed by atoms with Gasteiger partial charge in [0.15, 0.2) is 0 Å². The summed E-state index contributed by atoms with van der Waals surface area (Å²) in [7, 11) is 0. The third-order valence-electron chi connectivity index (χ3n) is 4.29. The first-order valence-electron chi connectivity index (χ1n) is 6.65. The molecule has 2 amide bonds. The van der Waals surface area contributed by atoms with Crippen LogP contribution in [0.25, 0.3) is 0 Å². The zero-order valence-electron chi connectivity index (χ0n) is 11.4. The summed E-state index contributed by atoms with van der Waals surface area (Å²) in [5.41, 5.74) is 4.91. The van der Waals surface area contributed by atoms with E-state index in [0.29, 0.717) is 0 Å². The number of hydrogen-bond acceptors (Lipinski definition) is 2. The molecule has 2 atom stereocenters. The molecule has 0 fully saturated rings. The number of hydrogen-bond donors (Lipinski definition) is 0. The second-order valence-corrected chi connectivity index (χ2v) is 5.60. The Morgan fingerprint density at radius 1 is 1.05 bits per heavy atom. The zero-order valence-corrected chi connectivity index (χ0v) is 11.4. The Hall–Kier alpha value is -1.90. The lowest BCUT2D eigenvalue weighted by atomic mass is 9.96. The number of imide groups is 1. The van der Waals surface area contributed by atoms with Crippen LogP contribution in [0.1, 0.15) is 35.2 Å². The number of rotatable bonds is 1. The Morgan fingerprint density at radius 2 is 1.63 bits per heavy atom. The van der Waals surface area contributed by atoms with Gasteiger partial charge in [0, 0.05) is 12.2 Å². The lowest BCUT2D eigenvalue weighted by Crippen LogP contribution is -2.36. The fourth-order valence-electron chi connectivity index (χ4n) is 3.36. The smallest absolute Gasteiger partial charge is 0.254 e. The van der Waals surface area contributed by atoms with Crippen molar-refractivity contribution in [1.29, 1.82) is 0 Å². The van der Waals surface area contributed by atoms with Crippen LogP contribution >= 0.6 is 0 Å². The van der Waals surface area contributed by atoms with Crippen molar-refractivity contribution in [2.75, 3.05) is 0 Å². The molecule has 1 aromatic carbocycles. The minimum Gasteiger partial charge on any atom is -0.269 e. The molecule has 0 N–H and O–H groups in total. The van der Waals surface area contributed by atoms with Crippen LogP contribution in [0.3, 0.4) is 0 Å². The first-order valence-corrected chi connectivity index (χ1v) is 6.65. The van der Waals surface area contributed by atoms with Gasteiger partial charge < -0.3 is 0 Å². The summed E-state index contributed by atoms with van der Waals surface area (Å²) < 4.78 is 0. The molecule has 1 aliphatic carbocycles. The Labute approximate surface area is 112 Å². The van der Waals surface area contributed by atoms with Crippen LogP contribution in [0.4, 0.5) is 0 Å². The molecule has 1 aromatic rings. The molecule has 0 bridgehead atoms. The van der Waals surface area contributed by atoms with E-state index in [9.17, 15) is 9.59 Å². The highest BCUT2D eigenvalue weighted by Crippen LogP contribution is 2.44. The number of fused-ring (bicyclic) bond motifs is 1. The van der Waals surface area contributed by atoms with Crippen LogP contribution in [-0.2, 0) is 16.0 Å². The van der Waals surface area contributed by atoms with Crippen molar-refractivity contribution in [3.05, 3.63) is 46.5 Å². The predicted molar refractivity (Wildman–Crippen MR) is 72.5 cm³/mol. The summed E-state index contributed by atoms with van der Waals surface area (Å²) in [4.78, 5) is 25.3. The van der Waals surface area contributed by atoms with Gasteiger partial charge in [-0.3, -0.25) is 14.5 Å². The van der Waals surface area contributed by atoms with Crippen molar-refractivity contribution in [2.45, 2.75) is 33.2 Å². The molecule has 0 saturated heterocycles. The van der Waals surface area contributed by atoms with E-state index in [0.717, 1.165) is 6.42 Å². The summed E-state index contributed by atoms with van der Waals surface area (Å²) in [6.45, 7) is 6.27. The van der Waals surface area contributed by atoms with E-state index in [4.69, 9.17) is 0 Å². The van der Waals surface area contributed by atoms with Crippen LogP contribution in [0.15, 0.2) is 24.3 Å². The minimum atomic E-state index is -0.185. The molecule has 98 valence electrons. The van der Waals surface area contributed by atoms with Crippen LogP contribution in [0, 0.1) is 19.8 Å². The average Bonchev–Trinajstić information content (AvgIpc) is 2.86. The Balaban J connectivity index is 2.13. The summed E-state index contributed by atoms with van der Waals surface area (Å²) in [5.74, 6) is -0.0891. The maximum absolute atomic E-state index is 11.9. The molecular formula is C16H17NO2. The SMILES string of the molecule is Cc1ccc(C)c2c1C[C@H](C)[C@@H]2N1C(=O)C=CC1=O. The summed E-state index contributed by atoms with van der Waals surface area (Å²) >= 11 is 0. The van der Waals surface area contributed by atoms with E-state index < -0.39 is 0 Å². The van der Waals surface area contributed by atoms with Gasteiger partial charge in [-0.15, -0.1) is 0 Å². The van der Waals surface area contributed by atoms with Crippen molar-refractivity contribution >= 4 is 11.8 Å². The van der Waals surface area contributed by atoms with Gasteiger partial charge in [-0.2, -0.15) is 0 Å². The molecule has 3 heteroatoms. The standard InChI is InChI=1S/C16H17NO2/c1-9-4-5-10(2)15-12(9)8-11(3)16(15)17-13(18)6-7-14(17)19/h4-7,11,16H,8H2,1-3H3/t11-,16-/m0/s1. The van der Waals surface area contributed by atoms with E-state index >= 15 is 0 Å². The predicted octanol–water partition coefficient (Wildman–Crippen LogP) is 2.46. The quantitative estimate of drug-likeness (QED) is 0.723. The van der Waals surface area contributed by atoms with Gasteiger partial charge in [0.05, 0.1) is 6.04 Å². The van der Waals surface area contributed by atoms with Gasteiger partial charge in [0.25, 0.3) is 11.8 Å². The second kappa shape index (κ2) is 4.05. The number of aryl methyl sites for hydroxylation is 2. The topological polar surface area (TPSA) is 37.4 Å². The van der Waals surface area contributed by atoms with Crippen molar-refractivity contribution in [2.24, 2.45) is 5.92 Å². The highest BCUT2D eigenvalue weighted by atomic mass is 16.2. The van der Waals surface area contributed by atoms with Crippen LogP contribution in [0.5, 0.6) is 0 Å². The van der Waals surface area contributed by atoms with Crippen LogP contribution in [0.2, 0.25) is 0 Å². The Bertz CT molecular complexity index is 597. The highest BCUT2D eigenvalue weighted by Gasteiger charge is 2.41. The van der Waals surface area contributed by atoms with E-state index in [1.165, 1.54) is 39.3 Å². The monoisotopic (exact) mass is 255 g/mol. The van der Waals surface area contributed by atoms with E-state index in [1.54, 1.807) is 0 Å². The number of benzene rings is 1. The molecule has 2 aliphatic rings. The molecule has 0 saturated carbocycles. The summed E-state index contributed by atoms with van der Waals surface area (Å²) in [6.07, 6.45) is 3.68. The Morgan fingerprint density at radius 3 is 2.26 bits per heavy atom. The fourth-order valence-corrected chi connectivity index (χ4v) is 3.36. The lowest BCUT2D eigenvalue weighted by molar-refractivity contribution is -0.140. The lowest BCUT2D eigenvalue weighted by Gasteiger charge is -2.27. The van der Waals surface area contributed by atoms with Crippen molar-refractivity contribution in [3.63, 3.8) is 0 Å². The fraction of sp³-hybridized carbons (Fsp3) is 0.375.